The number of non-ortho nitro benzene ring substituents is 1. The van der Waals surface area contributed by atoms with Crippen LogP contribution in [0.5, 0.6) is 0 Å². The van der Waals surface area contributed by atoms with Crippen molar-refractivity contribution in [1.82, 2.24) is 0 Å². The molecule has 30 heavy (non-hydrogen) atoms. The molecule has 0 aromatic heterocycles. The summed E-state index contributed by atoms with van der Waals surface area (Å²) in [6.07, 6.45) is 0.164. The number of amides is 1. The maximum absolute atomic E-state index is 12.0. The number of rotatable bonds is 7. The molecule has 3 aromatic rings. The van der Waals surface area contributed by atoms with Gasteiger partial charge in [0.25, 0.3) is 11.6 Å². The van der Waals surface area contributed by atoms with Crippen molar-refractivity contribution in [2.24, 2.45) is 10.2 Å². The Labute approximate surface area is 171 Å². The van der Waals surface area contributed by atoms with E-state index in [0.29, 0.717) is 11.4 Å². The number of nitrogens with zero attached hydrogens (tertiary/aromatic N) is 3. The quantitative estimate of drug-likeness (QED) is 0.348. The first-order chi connectivity index (χ1) is 14.5. The molecule has 0 unspecified atom stereocenters. The van der Waals surface area contributed by atoms with E-state index in [2.05, 4.69) is 15.7 Å². The molecule has 0 saturated heterocycles. The van der Waals surface area contributed by atoms with Crippen molar-refractivity contribution in [3.8, 4) is 0 Å². The van der Waals surface area contributed by atoms with Crippen molar-refractivity contribution in [2.75, 3.05) is 5.48 Å². The number of nitro benzene ring substituents is 1. The molecule has 150 valence electrons. The maximum atomic E-state index is 12.0. The summed E-state index contributed by atoms with van der Waals surface area (Å²) in [4.78, 5) is 39.0. The predicted molar refractivity (Wildman–Crippen MR) is 108 cm³/mol. The summed E-state index contributed by atoms with van der Waals surface area (Å²) in [5.74, 6) is -1.14. The number of carbonyl (C=O) groups is 2. The maximum Gasteiger partial charge on any atom is 0.363 e. The van der Waals surface area contributed by atoms with Gasteiger partial charge in [0, 0.05) is 12.1 Å². The van der Waals surface area contributed by atoms with Crippen molar-refractivity contribution < 1.29 is 19.3 Å². The standard InChI is InChI=1S/C21H16N4O5/c26-20(13-15-5-2-1-3-6-15)23-22-17-9-11-18(12-10-17)24-30-21(27)16-7-4-8-19(14-16)25(28)29/h1-12,14,24H,13H2. The fourth-order valence-corrected chi connectivity index (χ4v) is 2.43. The van der Waals surface area contributed by atoms with Crippen molar-refractivity contribution in [1.29, 1.82) is 0 Å². The zero-order valence-electron chi connectivity index (χ0n) is 15.6. The second-order valence-corrected chi connectivity index (χ2v) is 6.10. The van der Waals surface area contributed by atoms with E-state index in [1.807, 2.05) is 30.3 Å². The third-order valence-corrected chi connectivity index (χ3v) is 3.90. The van der Waals surface area contributed by atoms with E-state index in [9.17, 15) is 19.7 Å². The van der Waals surface area contributed by atoms with Gasteiger partial charge in [-0.1, -0.05) is 36.4 Å². The van der Waals surface area contributed by atoms with E-state index in [-0.39, 0.29) is 23.6 Å². The molecule has 0 heterocycles. The topological polar surface area (TPSA) is 123 Å². The normalized spacial score (nSPS) is 10.5. The lowest BCUT2D eigenvalue weighted by Crippen LogP contribution is -2.10. The van der Waals surface area contributed by atoms with Crippen LogP contribution in [0.3, 0.4) is 0 Å². The van der Waals surface area contributed by atoms with E-state index < -0.39 is 10.9 Å². The number of nitrogens with one attached hydrogen (secondary N) is 1. The van der Waals surface area contributed by atoms with E-state index in [0.717, 1.165) is 11.6 Å². The molecular formula is C21H16N4O5. The SMILES string of the molecule is O=C(Cc1ccccc1)N=Nc1ccc(NOC(=O)c2cccc([N+](=O)[O-])c2)cc1. The van der Waals surface area contributed by atoms with Gasteiger partial charge in [-0.05, 0) is 35.9 Å². The molecule has 9 nitrogen and oxygen atoms in total. The van der Waals surface area contributed by atoms with Crippen LogP contribution in [0.1, 0.15) is 15.9 Å². The number of anilines is 1. The third kappa shape index (κ3) is 5.80. The van der Waals surface area contributed by atoms with Gasteiger partial charge in [0.05, 0.1) is 28.3 Å². The summed E-state index contributed by atoms with van der Waals surface area (Å²) >= 11 is 0. The summed E-state index contributed by atoms with van der Waals surface area (Å²) < 4.78 is 0. The molecule has 3 aromatic carbocycles. The van der Waals surface area contributed by atoms with Gasteiger partial charge in [0.2, 0.25) is 0 Å². The first-order valence-corrected chi connectivity index (χ1v) is 8.81. The van der Waals surface area contributed by atoms with Gasteiger partial charge in [-0.15, -0.1) is 10.2 Å². The second-order valence-electron chi connectivity index (χ2n) is 6.10. The number of nitro groups is 1. The molecule has 0 fully saturated rings. The third-order valence-electron chi connectivity index (χ3n) is 3.90. The Morgan fingerprint density at radius 1 is 0.967 bits per heavy atom. The lowest BCUT2D eigenvalue weighted by molar-refractivity contribution is -0.384. The van der Waals surface area contributed by atoms with Crippen LogP contribution >= 0.6 is 0 Å². The highest BCUT2D eigenvalue weighted by molar-refractivity contribution is 5.90. The van der Waals surface area contributed by atoms with Crippen LogP contribution in [0, 0.1) is 10.1 Å². The Hall–Kier alpha value is -4.40. The molecule has 0 bridgehead atoms. The van der Waals surface area contributed by atoms with Crippen LogP contribution in [-0.4, -0.2) is 16.8 Å². The van der Waals surface area contributed by atoms with Crippen LogP contribution in [0.4, 0.5) is 17.1 Å². The molecule has 3 rings (SSSR count). The zero-order valence-corrected chi connectivity index (χ0v) is 15.6. The van der Waals surface area contributed by atoms with Gasteiger partial charge in [-0.3, -0.25) is 14.9 Å². The monoisotopic (exact) mass is 404 g/mol. The molecule has 1 amide bonds. The first kappa shape index (κ1) is 20.3. The smallest absolute Gasteiger partial charge is 0.338 e. The van der Waals surface area contributed by atoms with Crippen molar-refractivity contribution in [3.05, 3.63) is 100 Å². The van der Waals surface area contributed by atoms with Crippen LogP contribution in [0.25, 0.3) is 0 Å². The number of hydrogen-bond donors (Lipinski definition) is 1. The fraction of sp³-hybridized carbons (Fsp3) is 0.0476. The average Bonchev–Trinajstić information content (AvgIpc) is 2.77. The molecule has 9 heteroatoms. The summed E-state index contributed by atoms with van der Waals surface area (Å²) in [5.41, 5.74) is 4.04. The average molecular weight is 404 g/mol. The highest BCUT2D eigenvalue weighted by Crippen LogP contribution is 2.18. The van der Waals surface area contributed by atoms with E-state index in [1.165, 1.54) is 18.2 Å². The number of benzene rings is 3. The molecule has 1 N–H and O–H groups in total. The zero-order chi connectivity index (χ0) is 21.3. The number of hydrogen-bond acceptors (Lipinski definition) is 7. The molecule has 0 saturated carbocycles. The Kier molecular flexibility index (Phi) is 6.57. The van der Waals surface area contributed by atoms with Gasteiger partial charge >= 0.3 is 5.97 Å². The predicted octanol–water partition coefficient (Wildman–Crippen LogP) is 4.63. The van der Waals surface area contributed by atoms with Gasteiger partial charge in [0.1, 0.15) is 0 Å². The fourth-order valence-electron chi connectivity index (χ4n) is 2.43. The Bertz CT molecular complexity index is 1080. The minimum atomic E-state index is -0.769. The molecule has 0 aliphatic carbocycles. The highest BCUT2D eigenvalue weighted by atomic mass is 16.7. The van der Waals surface area contributed by atoms with Crippen LogP contribution in [0.2, 0.25) is 0 Å². The largest absolute Gasteiger partial charge is 0.363 e. The Balaban J connectivity index is 1.53. The van der Waals surface area contributed by atoms with Gasteiger partial charge < -0.3 is 4.84 Å². The van der Waals surface area contributed by atoms with E-state index >= 15 is 0 Å². The lowest BCUT2D eigenvalue weighted by atomic mass is 10.1. The van der Waals surface area contributed by atoms with Crippen LogP contribution in [-0.2, 0) is 16.1 Å². The van der Waals surface area contributed by atoms with Crippen LogP contribution < -0.4 is 5.48 Å². The lowest BCUT2D eigenvalue weighted by Gasteiger charge is -2.06. The van der Waals surface area contributed by atoms with Crippen molar-refractivity contribution in [2.45, 2.75) is 6.42 Å². The number of carbonyl (C=O) groups excluding carboxylic acids is 2. The van der Waals surface area contributed by atoms with E-state index in [1.54, 1.807) is 24.3 Å². The minimum absolute atomic E-state index is 0.0408. The molecular weight excluding hydrogens is 388 g/mol. The van der Waals surface area contributed by atoms with Gasteiger partial charge in [0.15, 0.2) is 0 Å². The molecule has 0 aliphatic heterocycles. The molecule has 0 radical (unpaired) electrons. The summed E-state index contributed by atoms with van der Waals surface area (Å²) in [7, 11) is 0. The first-order valence-electron chi connectivity index (χ1n) is 8.81. The summed E-state index contributed by atoms with van der Waals surface area (Å²) in [5, 5.41) is 18.3. The van der Waals surface area contributed by atoms with Crippen molar-refractivity contribution in [3.63, 3.8) is 0 Å². The molecule has 0 atom stereocenters. The summed E-state index contributed by atoms with van der Waals surface area (Å²) in [6, 6.07) is 20.8. The summed E-state index contributed by atoms with van der Waals surface area (Å²) in [6.45, 7) is 0. The minimum Gasteiger partial charge on any atom is -0.338 e. The highest BCUT2D eigenvalue weighted by Gasteiger charge is 2.13. The van der Waals surface area contributed by atoms with Gasteiger partial charge in [-0.2, -0.15) is 0 Å². The van der Waals surface area contributed by atoms with Gasteiger partial charge in [-0.25, -0.2) is 10.3 Å². The van der Waals surface area contributed by atoms with E-state index in [4.69, 9.17) is 4.84 Å². The number of azo groups is 1. The Morgan fingerprint density at radius 3 is 2.40 bits per heavy atom. The van der Waals surface area contributed by atoms with Crippen molar-refractivity contribution >= 4 is 28.9 Å². The van der Waals surface area contributed by atoms with Crippen LogP contribution in [0.15, 0.2) is 89.1 Å². The second kappa shape index (κ2) is 9.69. The Morgan fingerprint density at radius 2 is 1.70 bits per heavy atom. The molecule has 0 aliphatic rings. The molecule has 0 spiro atoms.